The summed E-state index contributed by atoms with van der Waals surface area (Å²) in [6.07, 6.45) is 0. The molecule has 3 N–H and O–H groups in total. The summed E-state index contributed by atoms with van der Waals surface area (Å²) in [5.74, 6) is 0.920. The Morgan fingerprint density at radius 1 is 1.22 bits per heavy atom. The van der Waals surface area contributed by atoms with Gasteiger partial charge in [0.15, 0.2) is 0 Å². The number of nitrogens with one attached hydrogen (secondary N) is 1. The first-order chi connectivity index (χ1) is 8.26. The fourth-order valence-corrected chi connectivity index (χ4v) is 2.24. The smallest absolute Gasteiger partial charge is 0.127 e. The van der Waals surface area contributed by atoms with Crippen molar-refractivity contribution in [1.82, 2.24) is 5.32 Å². The molecule has 18 heavy (non-hydrogen) atoms. The van der Waals surface area contributed by atoms with Crippen molar-refractivity contribution in [2.75, 3.05) is 14.2 Å². The first-order valence-corrected chi connectivity index (χ1v) is 6.35. The summed E-state index contributed by atoms with van der Waals surface area (Å²) in [5.41, 5.74) is 10.9. The lowest BCUT2D eigenvalue weighted by molar-refractivity contribution is 0.332. The summed E-state index contributed by atoms with van der Waals surface area (Å²) < 4.78 is 5.59. The Bertz CT molecular complexity index is 439. The number of benzene rings is 1. The van der Waals surface area contributed by atoms with Crippen molar-refractivity contribution in [2.24, 2.45) is 5.73 Å². The molecule has 0 fully saturated rings. The fourth-order valence-electron chi connectivity index (χ4n) is 2.24. The highest BCUT2D eigenvalue weighted by atomic mass is 16.5. The maximum atomic E-state index is 6.44. The topological polar surface area (TPSA) is 47.3 Å². The number of likely N-dealkylation sites (N-methyl/N-ethyl adjacent to an activating group) is 1. The van der Waals surface area contributed by atoms with Crippen molar-refractivity contribution in [1.29, 1.82) is 0 Å². The highest BCUT2D eigenvalue weighted by Crippen LogP contribution is 2.36. The number of ether oxygens (including phenoxy) is 1. The predicted molar refractivity (Wildman–Crippen MR) is 77.3 cm³/mol. The minimum absolute atomic E-state index is 0.114. The van der Waals surface area contributed by atoms with Gasteiger partial charge in [0.1, 0.15) is 5.75 Å². The molecular formula is C15H26N2O. The highest BCUT2D eigenvalue weighted by Gasteiger charge is 2.30. The van der Waals surface area contributed by atoms with Crippen LogP contribution in [0.1, 0.15) is 42.1 Å². The Hall–Kier alpha value is -1.06. The standard InChI is InChI=1S/C15H26N2O/c1-9-8-10(2)12(13(18-7)11(9)3)14(16)15(4,5)17-6/h8,14,17H,16H2,1-7H3. The Morgan fingerprint density at radius 2 is 1.78 bits per heavy atom. The molecule has 1 atom stereocenters. The molecule has 1 unspecified atom stereocenters. The zero-order chi connectivity index (χ0) is 14.1. The second kappa shape index (κ2) is 5.29. The summed E-state index contributed by atoms with van der Waals surface area (Å²) >= 11 is 0. The van der Waals surface area contributed by atoms with E-state index in [1.165, 1.54) is 16.7 Å². The van der Waals surface area contributed by atoms with E-state index in [0.29, 0.717) is 0 Å². The molecule has 0 heterocycles. The van der Waals surface area contributed by atoms with Gasteiger partial charge in [0.05, 0.1) is 13.2 Å². The number of nitrogens with two attached hydrogens (primary N) is 1. The van der Waals surface area contributed by atoms with Gasteiger partial charge in [-0.05, 0) is 58.4 Å². The van der Waals surface area contributed by atoms with Crippen LogP contribution >= 0.6 is 0 Å². The Morgan fingerprint density at radius 3 is 2.22 bits per heavy atom. The molecule has 0 aromatic heterocycles. The maximum absolute atomic E-state index is 6.44. The number of aryl methyl sites for hydroxylation is 2. The fraction of sp³-hybridized carbons (Fsp3) is 0.600. The number of hydrogen-bond acceptors (Lipinski definition) is 3. The van der Waals surface area contributed by atoms with Crippen LogP contribution in [0.15, 0.2) is 6.07 Å². The van der Waals surface area contributed by atoms with Crippen LogP contribution in [0.2, 0.25) is 0 Å². The molecular weight excluding hydrogens is 224 g/mol. The summed E-state index contributed by atoms with van der Waals surface area (Å²) in [6, 6.07) is 2.07. The van der Waals surface area contributed by atoms with E-state index in [1.807, 2.05) is 7.05 Å². The third-order valence-electron chi connectivity index (χ3n) is 3.97. The Labute approximate surface area is 111 Å². The van der Waals surface area contributed by atoms with Crippen molar-refractivity contribution in [2.45, 2.75) is 46.2 Å². The quantitative estimate of drug-likeness (QED) is 0.863. The molecule has 0 aliphatic carbocycles. The third-order valence-corrected chi connectivity index (χ3v) is 3.97. The van der Waals surface area contributed by atoms with E-state index in [4.69, 9.17) is 10.5 Å². The van der Waals surface area contributed by atoms with Crippen LogP contribution < -0.4 is 15.8 Å². The van der Waals surface area contributed by atoms with Gasteiger partial charge in [-0.1, -0.05) is 6.07 Å². The Balaban J connectivity index is 3.45. The number of rotatable bonds is 4. The minimum Gasteiger partial charge on any atom is -0.496 e. The lowest BCUT2D eigenvalue weighted by Gasteiger charge is -2.34. The van der Waals surface area contributed by atoms with Crippen molar-refractivity contribution >= 4 is 0 Å². The summed E-state index contributed by atoms with van der Waals surface area (Å²) in [4.78, 5) is 0. The number of hydrogen-bond donors (Lipinski definition) is 2. The molecule has 0 amide bonds. The summed E-state index contributed by atoms with van der Waals surface area (Å²) in [5, 5.41) is 3.27. The molecule has 3 nitrogen and oxygen atoms in total. The summed E-state index contributed by atoms with van der Waals surface area (Å²) in [7, 11) is 3.65. The van der Waals surface area contributed by atoms with E-state index >= 15 is 0 Å². The van der Waals surface area contributed by atoms with Crippen LogP contribution in [0, 0.1) is 20.8 Å². The van der Waals surface area contributed by atoms with Gasteiger partial charge in [-0.15, -0.1) is 0 Å². The molecule has 0 bridgehead atoms. The van der Waals surface area contributed by atoms with Crippen LogP contribution in [0.3, 0.4) is 0 Å². The average Bonchev–Trinajstić information content (AvgIpc) is 2.32. The van der Waals surface area contributed by atoms with E-state index in [0.717, 1.165) is 11.3 Å². The van der Waals surface area contributed by atoms with Crippen LogP contribution in [0.5, 0.6) is 5.75 Å². The lowest BCUT2D eigenvalue weighted by Crippen LogP contribution is -2.46. The predicted octanol–water partition coefficient (Wildman–Crippen LogP) is 2.62. The molecule has 1 aromatic carbocycles. The maximum Gasteiger partial charge on any atom is 0.127 e. The van der Waals surface area contributed by atoms with Crippen molar-refractivity contribution in [3.8, 4) is 5.75 Å². The van der Waals surface area contributed by atoms with Crippen molar-refractivity contribution < 1.29 is 4.74 Å². The van der Waals surface area contributed by atoms with Gasteiger partial charge in [-0.2, -0.15) is 0 Å². The lowest BCUT2D eigenvalue weighted by atomic mass is 9.84. The van der Waals surface area contributed by atoms with Gasteiger partial charge < -0.3 is 15.8 Å². The molecule has 0 saturated carbocycles. The molecule has 0 aliphatic heterocycles. The molecule has 102 valence electrons. The first-order valence-electron chi connectivity index (χ1n) is 6.35. The van der Waals surface area contributed by atoms with Crippen LogP contribution in [0.4, 0.5) is 0 Å². The molecule has 0 aliphatic rings. The van der Waals surface area contributed by atoms with E-state index in [9.17, 15) is 0 Å². The molecule has 3 heteroatoms. The molecule has 0 saturated heterocycles. The summed E-state index contributed by atoms with van der Waals surface area (Å²) in [6.45, 7) is 10.5. The van der Waals surface area contributed by atoms with Crippen molar-refractivity contribution in [3.05, 3.63) is 28.3 Å². The zero-order valence-corrected chi connectivity index (χ0v) is 12.6. The van der Waals surface area contributed by atoms with Gasteiger partial charge in [-0.3, -0.25) is 0 Å². The minimum atomic E-state index is -0.181. The van der Waals surface area contributed by atoms with E-state index in [2.05, 4.69) is 46.0 Å². The van der Waals surface area contributed by atoms with Gasteiger partial charge in [0.25, 0.3) is 0 Å². The zero-order valence-electron chi connectivity index (χ0n) is 12.6. The largest absolute Gasteiger partial charge is 0.496 e. The normalized spacial score (nSPS) is 13.6. The molecule has 0 spiro atoms. The van der Waals surface area contributed by atoms with Gasteiger partial charge in [0.2, 0.25) is 0 Å². The monoisotopic (exact) mass is 250 g/mol. The molecule has 0 radical (unpaired) electrons. The van der Waals surface area contributed by atoms with Crippen LogP contribution in [-0.2, 0) is 0 Å². The van der Waals surface area contributed by atoms with Gasteiger partial charge in [0, 0.05) is 11.1 Å². The second-order valence-electron chi connectivity index (χ2n) is 5.53. The second-order valence-corrected chi connectivity index (χ2v) is 5.53. The first kappa shape index (κ1) is 15.0. The average molecular weight is 250 g/mol. The van der Waals surface area contributed by atoms with Gasteiger partial charge in [-0.25, -0.2) is 0 Å². The van der Waals surface area contributed by atoms with E-state index in [-0.39, 0.29) is 11.6 Å². The van der Waals surface area contributed by atoms with Gasteiger partial charge >= 0.3 is 0 Å². The van der Waals surface area contributed by atoms with E-state index in [1.54, 1.807) is 7.11 Å². The Kier molecular flexibility index (Phi) is 4.41. The van der Waals surface area contributed by atoms with Crippen LogP contribution in [-0.4, -0.2) is 19.7 Å². The highest BCUT2D eigenvalue weighted by molar-refractivity contribution is 5.51. The molecule has 1 aromatic rings. The van der Waals surface area contributed by atoms with Crippen molar-refractivity contribution in [3.63, 3.8) is 0 Å². The van der Waals surface area contributed by atoms with E-state index < -0.39 is 0 Å². The number of methoxy groups -OCH3 is 1. The molecule has 1 rings (SSSR count). The SMILES string of the molecule is CNC(C)(C)C(N)c1c(C)cc(C)c(C)c1OC. The van der Waals surface area contributed by atoms with Crippen LogP contribution in [0.25, 0.3) is 0 Å². The third kappa shape index (κ3) is 2.52.